The maximum absolute atomic E-state index is 13.3. The van der Waals surface area contributed by atoms with Crippen LogP contribution in [0.25, 0.3) is 0 Å². The first kappa shape index (κ1) is 15.1. The molecule has 2 aromatic rings. The van der Waals surface area contributed by atoms with Gasteiger partial charge in [0.1, 0.15) is 11.4 Å². The summed E-state index contributed by atoms with van der Waals surface area (Å²) in [7, 11) is 1.54. The smallest absolute Gasteiger partial charge is 0.253 e. The quantitative estimate of drug-likeness (QED) is 0.679. The van der Waals surface area contributed by atoms with Crippen molar-refractivity contribution in [1.82, 2.24) is 4.98 Å². The maximum atomic E-state index is 13.3. The van der Waals surface area contributed by atoms with Gasteiger partial charge in [-0.3, -0.25) is 0 Å². The molecule has 0 bridgehead atoms. The molecule has 0 amide bonds. The molecule has 0 fully saturated rings. The first-order valence-electron chi connectivity index (χ1n) is 6.09. The van der Waals surface area contributed by atoms with Gasteiger partial charge in [-0.1, -0.05) is 12.1 Å². The number of pyridine rings is 1. The van der Waals surface area contributed by atoms with Gasteiger partial charge in [0, 0.05) is 6.54 Å². The second-order valence-electron chi connectivity index (χ2n) is 4.22. The summed E-state index contributed by atoms with van der Waals surface area (Å²) in [6.45, 7) is 0.100. The van der Waals surface area contributed by atoms with Gasteiger partial charge in [0.15, 0.2) is 0 Å². The molecular weight excluding hydrogens is 288 g/mol. The number of aromatic nitrogens is 1. The minimum absolute atomic E-state index is 0.100. The number of anilines is 1. The van der Waals surface area contributed by atoms with Crippen LogP contribution in [0.3, 0.4) is 0 Å². The summed E-state index contributed by atoms with van der Waals surface area (Å²) < 4.78 is 57.5. The lowest BCUT2D eigenvalue weighted by Crippen LogP contribution is -2.12. The minimum atomic E-state index is -1.68. The van der Waals surface area contributed by atoms with E-state index in [0.717, 1.165) is 5.56 Å². The molecule has 0 unspecified atom stereocenters. The predicted molar refractivity (Wildman–Crippen MR) is 69.3 cm³/mol. The van der Waals surface area contributed by atoms with Crippen molar-refractivity contribution < 1.29 is 22.3 Å². The topological polar surface area (TPSA) is 34.1 Å². The van der Waals surface area contributed by atoms with Gasteiger partial charge in [0.2, 0.25) is 11.6 Å². The SMILES string of the molecule is COc1ccc(CCNc2c(F)c(F)nc(F)c2F)cc1. The van der Waals surface area contributed by atoms with E-state index in [-0.39, 0.29) is 6.54 Å². The predicted octanol–water partition coefficient (Wildman–Crippen LogP) is 3.30. The Hall–Kier alpha value is -2.31. The molecule has 3 nitrogen and oxygen atoms in total. The maximum Gasteiger partial charge on any atom is 0.253 e. The van der Waals surface area contributed by atoms with Gasteiger partial charge in [-0.05, 0) is 24.1 Å². The summed E-state index contributed by atoms with van der Waals surface area (Å²) in [4.78, 5) is 2.48. The molecule has 0 aliphatic heterocycles. The van der Waals surface area contributed by atoms with E-state index in [1.54, 1.807) is 24.3 Å². The molecule has 1 heterocycles. The zero-order chi connectivity index (χ0) is 15.4. The van der Waals surface area contributed by atoms with Crippen LogP contribution in [0.4, 0.5) is 23.2 Å². The Morgan fingerprint density at radius 3 is 2.10 bits per heavy atom. The van der Waals surface area contributed by atoms with Crippen molar-refractivity contribution in [3.63, 3.8) is 0 Å². The van der Waals surface area contributed by atoms with Crippen LogP contribution in [0.1, 0.15) is 5.56 Å². The molecule has 0 spiro atoms. The van der Waals surface area contributed by atoms with Crippen LogP contribution in [0.15, 0.2) is 24.3 Å². The Balaban J connectivity index is 2.03. The first-order chi connectivity index (χ1) is 10.0. The van der Waals surface area contributed by atoms with E-state index >= 15 is 0 Å². The van der Waals surface area contributed by atoms with Gasteiger partial charge in [-0.25, -0.2) is 0 Å². The molecule has 0 atom stereocenters. The Morgan fingerprint density at radius 2 is 1.57 bits per heavy atom. The zero-order valence-electron chi connectivity index (χ0n) is 11.1. The van der Waals surface area contributed by atoms with E-state index < -0.39 is 29.2 Å². The van der Waals surface area contributed by atoms with E-state index in [2.05, 4.69) is 10.3 Å². The number of nitrogens with one attached hydrogen (secondary N) is 1. The molecule has 7 heteroatoms. The molecule has 0 radical (unpaired) electrons. The van der Waals surface area contributed by atoms with Crippen LogP contribution >= 0.6 is 0 Å². The number of ether oxygens (including phenoxy) is 1. The number of benzene rings is 1. The fourth-order valence-electron chi connectivity index (χ4n) is 1.77. The van der Waals surface area contributed by atoms with Gasteiger partial charge in [-0.2, -0.15) is 22.5 Å². The second-order valence-corrected chi connectivity index (χ2v) is 4.22. The molecule has 112 valence electrons. The third-order valence-electron chi connectivity index (χ3n) is 2.87. The lowest BCUT2D eigenvalue weighted by molar-refractivity contribution is 0.410. The van der Waals surface area contributed by atoms with Crippen molar-refractivity contribution in [2.45, 2.75) is 6.42 Å². The Kier molecular flexibility index (Phi) is 4.62. The second kappa shape index (κ2) is 6.43. The number of halogens is 4. The average Bonchev–Trinajstić information content (AvgIpc) is 2.49. The Bertz CT molecular complexity index is 606. The number of methoxy groups -OCH3 is 1. The Labute approximate surface area is 118 Å². The summed E-state index contributed by atoms with van der Waals surface area (Å²) in [6, 6.07) is 7.03. The highest BCUT2D eigenvalue weighted by Gasteiger charge is 2.20. The van der Waals surface area contributed by atoms with E-state index in [4.69, 9.17) is 4.74 Å². The van der Waals surface area contributed by atoms with Crippen molar-refractivity contribution in [2.75, 3.05) is 19.0 Å². The third-order valence-corrected chi connectivity index (χ3v) is 2.87. The van der Waals surface area contributed by atoms with Crippen LogP contribution < -0.4 is 10.1 Å². The van der Waals surface area contributed by atoms with E-state index in [0.29, 0.717) is 12.2 Å². The van der Waals surface area contributed by atoms with Gasteiger partial charge < -0.3 is 10.1 Å². The van der Waals surface area contributed by atoms with Crippen molar-refractivity contribution in [2.24, 2.45) is 0 Å². The van der Waals surface area contributed by atoms with E-state index in [9.17, 15) is 17.6 Å². The summed E-state index contributed by atoms with van der Waals surface area (Å²) in [5.41, 5.74) is 0.0210. The lowest BCUT2D eigenvalue weighted by atomic mass is 10.1. The zero-order valence-corrected chi connectivity index (χ0v) is 11.1. The number of rotatable bonds is 5. The van der Waals surface area contributed by atoms with Crippen molar-refractivity contribution >= 4 is 5.69 Å². The van der Waals surface area contributed by atoms with Crippen molar-refractivity contribution in [3.05, 3.63) is 53.4 Å². The molecule has 0 saturated carbocycles. The van der Waals surface area contributed by atoms with Crippen LogP contribution in [0.5, 0.6) is 5.75 Å². The minimum Gasteiger partial charge on any atom is -0.497 e. The van der Waals surface area contributed by atoms with Crippen LogP contribution in [0, 0.1) is 23.5 Å². The molecule has 1 N–H and O–H groups in total. The summed E-state index contributed by atoms with van der Waals surface area (Å²) in [5.74, 6) is -5.75. The normalized spacial score (nSPS) is 10.5. The molecule has 0 saturated heterocycles. The van der Waals surface area contributed by atoms with Crippen molar-refractivity contribution in [3.8, 4) is 5.75 Å². The summed E-state index contributed by atoms with van der Waals surface area (Å²) >= 11 is 0. The summed E-state index contributed by atoms with van der Waals surface area (Å²) in [6.07, 6.45) is 0.411. The molecule has 0 aliphatic carbocycles. The van der Waals surface area contributed by atoms with Crippen LogP contribution in [-0.4, -0.2) is 18.6 Å². The fraction of sp³-hybridized carbons (Fsp3) is 0.214. The van der Waals surface area contributed by atoms with Gasteiger partial charge in [-0.15, -0.1) is 0 Å². The lowest BCUT2D eigenvalue weighted by Gasteiger charge is -2.09. The van der Waals surface area contributed by atoms with Gasteiger partial charge in [0.05, 0.1) is 7.11 Å². The standard InChI is InChI=1S/C14H12F4N2O/c1-21-9-4-2-8(3-5-9)6-7-19-12-10(15)13(17)20-14(18)11(12)16/h2-5H,6-7H2,1H3,(H,19,20). The van der Waals surface area contributed by atoms with Crippen LogP contribution in [0.2, 0.25) is 0 Å². The highest BCUT2D eigenvalue weighted by Crippen LogP contribution is 2.22. The highest BCUT2D eigenvalue weighted by atomic mass is 19.2. The molecule has 21 heavy (non-hydrogen) atoms. The Morgan fingerprint density at radius 1 is 1.00 bits per heavy atom. The highest BCUT2D eigenvalue weighted by molar-refractivity contribution is 5.45. The average molecular weight is 300 g/mol. The largest absolute Gasteiger partial charge is 0.497 e. The summed E-state index contributed by atoms with van der Waals surface area (Å²) in [5, 5.41) is 2.34. The molecule has 2 rings (SSSR count). The monoisotopic (exact) mass is 300 g/mol. The molecule has 1 aromatic carbocycles. The van der Waals surface area contributed by atoms with E-state index in [1.165, 1.54) is 7.11 Å². The van der Waals surface area contributed by atoms with E-state index in [1.807, 2.05) is 0 Å². The number of hydrogen-bond donors (Lipinski definition) is 1. The third kappa shape index (κ3) is 3.42. The van der Waals surface area contributed by atoms with Gasteiger partial charge >= 0.3 is 0 Å². The van der Waals surface area contributed by atoms with Crippen molar-refractivity contribution in [1.29, 1.82) is 0 Å². The molecule has 0 aliphatic rings. The fourth-order valence-corrected chi connectivity index (χ4v) is 1.77. The van der Waals surface area contributed by atoms with Gasteiger partial charge in [0.25, 0.3) is 11.9 Å². The molecule has 1 aromatic heterocycles. The number of hydrogen-bond acceptors (Lipinski definition) is 3. The molecular formula is C14H12F4N2O. The van der Waals surface area contributed by atoms with Crippen LogP contribution in [-0.2, 0) is 6.42 Å². The first-order valence-corrected chi connectivity index (χ1v) is 6.09. The number of nitrogens with zero attached hydrogens (tertiary/aromatic N) is 1.